The first kappa shape index (κ1) is 12.4. The number of isocyanates is 1. The predicted molar refractivity (Wildman–Crippen MR) is 47.5 cm³/mol. The second kappa shape index (κ2) is 8.73. The summed E-state index contributed by atoms with van der Waals surface area (Å²) in [6.07, 6.45) is 4.87. The maximum atomic E-state index is 9.69. The van der Waals surface area contributed by atoms with Crippen LogP contribution in [-0.4, -0.2) is 12.1 Å². The molecule has 0 aliphatic rings. The quantitative estimate of drug-likeness (QED) is 0.458. The molecule has 3 heteroatoms. The molecule has 0 N–H and O–H groups in total. The molecule has 0 aliphatic carbocycles. The molecule has 0 fully saturated rings. The van der Waals surface area contributed by atoms with Crippen molar-refractivity contribution in [2.24, 2.45) is 4.99 Å². The Kier molecular flexibility index (Phi) is 10.8. The molecule has 0 heterocycles. The Bertz CT molecular complexity index is 110. The lowest BCUT2D eigenvalue weighted by atomic mass is 10.2. The van der Waals surface area contributed by atoms with E-state index < -0.39 is 0 Å². The van der Waals surface area contributed by atoms with Crippen LogP contribution in [0.4, 0.5) is 0 Å². The Morgan fingerprint density at radius 2 is 2.20 bits per heavy atom. The minimum Gasteiger partial charge on any atom is -0.211 e. The van der Waals surface area contributed by atoms with E-state index in [4.69, 9.17) is 0 Å². The van der Waals surface area contributed by atoms with Gasteiger partial charge < -0.3 is 0 Å². The number of aliphatic imine (C=N–C) groups is 1. The van der Waals surface area contributed by atoms with Crippen molar-refractivity contribution in [1.29, 1.82) is 0 Å². The van der Waals surface area contributed by atoms with Gasteiger partial charge in [0.1, 0.15) is 0 Å². The molecule has 0 aliphatic heterocycles. The standard InChI is InChI=1S/C7H13NO.H2S/c1-3-4-5-7(2)8-6-9;/h7H,3-5H2,1-2H3;1H2/t7-;/m0./s1. The molecule has 1 atom stereocenters. The van der Waals surface area contributed by atoms with Gasteiger partial charge in [-0.3, -0.25) is 0 Å². The summed E-state index contributed by atoms with van der Waals surface area (Å²) in [5.74, 6) is 0. The van der Waals surface area contributed by atoms with Crippen molar-refractivity contribution in [3.05, 3.63) is 0 Å². The first-order chi connectivity index (χ1) is 4.31. The van der Waals surface area contributed by atoms with Gasteiger partial charge in [0, 0.05) is 0 Å². The van der Waals surface area contributed by atoms with E-state index >= 15 is 0 Å². The monoisotopic (exact) mass is 161 g/mol. The van der Waals surface area contributed by atoms with Gasteiger partial charge in [-0.1, -0.05) is 19.8 Å². The van der Waals surface area contributed by atoms with E-state index in [1.54, 1.807) is 6.08 Å². The van der Waals surface area contributed by atoms with Gasteiger partial charge in [-0.05, 0) is 13.3 Å². The third-order valence-corrected chi connectivity index (χ3v) is 1.25. The largest absolute Gasteiger partial charge is 0.235 e. The molecule has 10 heavy (non-hydrogen) atoms. The lowest BCUT2D eigenvalue weighted by Crippen LogP contribution is -1.95. The zero-order valence-corrected chi connectivity index (χ0v) is 7.55. The molecule has 0 saturated heterocycles. The normalized spacial score (nSPS) is 11.0. The van der Waals surface area contributed by atoms with E-state index in [9.17, 15) is 4.79 Å². The van der Waals surface area contributed by atoms with Crippen molar-refractivity contribution in [3.63, 3.8) is 0 Å². The maximum Gasteiger partial charge on any atom is 0.235 e. The van der Waals surface area contributed by atoms with Crippen LogP contribution < -0.4 is 0 Å². The van der Waals surface area contributed by atoms with E-state index in [1.807, 2.05) is 6.92 Å². The number of nitrogens with zero attached hydrogens (tertiary/aromatic N) is 1. The topological polar surface area (TPSA) is 29.4 Å². The average molecular weight is 161 g/mol. The molecular weight excluding hydrogens is 146 g/mol. The number of hydrogen-bond acceptors (Lipinski definition) is 2. The van der Waals surface area contributed by atoms with Crippen LogP contribution in [0.2, 0.25) is 0 Å². The van der Waals surface area contributed by atoms with Crippen LogP contribution >= 0.6 is 13.5 Å². The first-order valence-electron chi connectivity index (χ1n) is 3.38. The van der Waals surface area contributed by atoms with Gasteiger partial charge in [-0.2, -0.15) is 13.5 Å². The summed E-state index contributed by atoms with van der Waals surface area (Å²) in [5.41, 5.74) is 0. The van der Waals surface area contributed by atoms with Crippen molar-refractivity contribution < 1.29 is 4.79 Å². The van der Waals surface area contributed by atoms with Crippen LogP contribution in [0.25, 0.3) is 0 Å². The van der Waals surface area contributed by atoms with E-state index in [0.717, 1.165) is 12.8 Å². The second-order valence-electron chi connectivity index (χ2n) is 2.21. The van der Waals surface area contributed by atoms with Gasteiger partial charge in [-0.25, -0.2) is 9.79 Å². The van der Waals surface area contributed by atoms with Crippen molar-refractivity contribution in [2.75, 3.05) is 0 Å². The van der Waals surface area contributed by atoms with Gasteiger partial charge in [0.15, 0.2) is 0 Å². The molecule has 2 nitrogen and oxygen atoms in total. The summed E-state index contributed by atoms with van der Waals surface area (Å²) in [6, 6.07) is 0.169. The van der Waals surface area contributed by atoms with Crippen LogP contribution in [0.5, 0.6) is 0 Å². The van der Waals surface area contributed by atoms with Gasteiger partial charge in [0.05, 0.1) is 6.04 Å². The number of carbonyl (C=O) groups excluding carboxylic acids is 1. The summed E-state index contributed by atoms with van der Waals surface area (Å²) in [7, 11) is 0. The fraction of sp³-hybridized carbons (Fsp3) is 0.857. The molecular formula is C7H15NOS. The summed E-state index contributed by atoms with van der Waals surface area (Å²) in [6.45, 7) is 4.05. The molecule has 0 aromatic heterocycles. The van der Waals surface area contributed by atoms with Gasteiger partial charge in [0.2, 0.25) is 6.08 Å². The highest BCUT2D eigenvalue weighted by atomic mass is 32.1. The molecule has 0 rings (SSSR count). The highest BCUT2D eigenvalue weighted by Crippen LogP contribution is 2.01. The van der Waals surface area contributed by atoms with Gasteiger partial charge >= 0.3 is 0 Å². The molecule has 0 unspecified atom stereocenters. The van der Waals surface area contributed by atoms with Crippen molar-refractivity contribution in [3.8, 4) is 0 Å². The lowest BCUT2D eigenvalue weighted by Gasteiger charge is -1.99. The molecule has 0 aromatic carbocycles. The Labute approximate surface area is 69.2 Å². The van der Waals surface area contributed by atoms with Crippen LogP contribution in [0.3, 0.4) is 0 Å². The first-order valence-corrected chi connectivity index (χ1v) is 3.38. The Hall–Kier alpha value is -0.270. The van der Waals surface area contributed by atoms with Crippen LogP contribution in [-0.2, 0) is 4.79 Å². The molecule has 0 spiro atoms. The predicted octanol–water partition coefficient (Wildman–Crippen LogP) is 2.01. The Balaban J connectivity index is 0. The number of rotatable bonds is 4. The van der Waals surface area contributed by atoms with Crippen molar-refractivity contribution in [1.82, 2.24) is 0 Å². The molecule has 0 aromatic rings. The zero-order valence-electron chi connectivity index (χ0n) is 6.55. The fourth-order valence-corrected chi connectivity index (χ4v) is 0.654. The second-order valence-corrected chi connectivity index (χ2v) is 2.21. The highest BCUT2D eigenvalue weighted by Gasteiger charge is 1.94. The third-order valence-electron chi connectivity index (χ3n) is 1.25. The van der Waals surface area contributed by atoms with Crippen LogP contribution in [0, 0.1) is 0 Å². The Morgan fingerprint density at radius 3 is 2.60 bits per heavy atom. The SMILES string of the molecule is CCCC[C@H](C)N=C=O.S. The minimum absolute atomic E-state index is 0. The molecule has 0 bridgehead atoms. The van der Waals surface area contributed by atoms with Crippen molar-refractivity contribution in [2.45, 2.75) is 39.2 Å². The van der Waals surface area contributed by atoms with E-state index in [-0.39, 0.29) is 19.5 Å². The lowest BCUT2D eigenvalue weighted by molar-refractivity contribution is 0.551. The third kappa shape index (κ3) is 7.73. The number of unbranched alkanes of at least 4 members (excludes halogenated alkanes) is 1. The summed E-state index contributed by atoms with van der Waals surface area (Å²) < 4.78 is 0. The average Bonchev–Trinajstić information content (AvgIpc) is 1.85. The fourth-order valence-electron chi connectivity index (χ4n) is 0.654. The summed E-state index contributed by atoms with van der Waals surface area (Å²) >= 11 is 0. The maximum absolute atomic E-state index is 9.69. The van der Waals surface area contributed by atoms with E-state index in [2.05, 4.69) is 11.9 Å². The molecule has 0 saturated carbocycles. The summed E-state index contributed by atoms with van der Waals surface area (Å²) in [4.78, 5) is 13.2. The van der Waals surface area contributed by atoms with Gasteiger partial charge in [0.25, 0.3) is 0 Å². The van der Waals surface area contributed by atoms with Crippen LogP contribution in [0.1, 0.15) is 33.1 Å². The number of hydrogen-bond donors (Lipinski definition) is 0. The summed E-state index contributed by atoms with van der Waals surface area (Å²) in [5, 5.41) is 0. The highest BCUT2D eigenvalue weighted by molar-refractivity contribution is 7.59. The van der Waals surface area contributed by atoms with Gasteiger partial charge in [-0.15, -0.1) is 0 Å². The van der Waals surface area contributed by atoms with Crippen molar-refractivity contribution >= 4 is 19.6 Å². The van der Waals surface area contributed by atoms with Crippen LogP contribution in [0.15, 0.2) is 4.99 Å². The van der Waals surface area contributed by atoms with E-state index in [0.29, 0.717) is 0 Å². The molecule has 0 radical (unpaired) electrons. The Morgan fingerprint density at radius 1 is 1.60 bits per heavy atom. The smallest absolute Gasteiger partial charge is 0.211 e. The molecule has 0 amide bonds. The zero-order chi connectivity index (χ0) is 7.11. The molecule has 60 valence electrons. The van der Waals surface area contributed by atoms with E-state index in [1.165, 1.54) is 6.42 Å². The minimum atomic E-state index is 0.